The molecule has 2 N–H and O–H groups in total. The number of aliphatic hydroxyl groups is 1. The Kier molecular flexibility index (Phi) is 6.87. The molecular weight excluding hydrogens is 306 g/mol. The van der Waals surface area contributed by atoms with Crippen molar-refractivity contribution in [1.82, 2.24) is 5.32 Å². The Hall–Kier alpha value is -0.710. The first-order valence-electron chi connectivity index (χ1n) is 7.40. The van der Waals surface area contributed by atoms with Gasteiger partial charge >= 0.3 is 0 Å². The van der Waals surface area contributed by atoms with Crippen LogP contribution in [0.1, 0.15) is 31.2 Å². The predicted molar refractivity (Wildman–Crippen MR) is 88.6 cm³/mol. The number of hydrogen-bond donors (Lipinski definition) is 2. The van der Waals surface area contributed by atoms with E-state index in [1.165, 1.54) is 5.56 Å². The average Bonchev–Trinajstić information content (AvgIpc) is 2.49. The van der Waals surface area contributed by atoms with E-state index in [9.17, 15) is 9.90 Å². The van der Waals surface area contributed by atoms with Gasteiger partial charge in [0.2, 0.25) is 5.91 Å². The summed E-state index contributed by atoms with van der Waals surface area (Å²) in [5.41, 5.74) is 1.18. The quantitative estimate of drug-likeness (QED) is 0.843. The Bertz CT molecular complexity index is 444. The maximum absolute atomic E-state index is 11.8. The number of thioether (sulfide) groups is 1. The number of carbonyl (C=O) groups excluding carboxylic acids is 1. The molecule has 1 saturated carbocycles. The molecule has 116 valence electrons. The third-order valence-electron chi connectivity index (χ3n) is 3.82. The number of amides is 1. The Morgan fingerprint density at radius 2 is 1.90 bits per heavy atom. The van der Waals surface area contributed by atoms with E-state index in [1.54, 1.807) is 11.8 Å². The van der Waals surface area contributed by atoms with Crippen molar-refractivity contribution >= 4 is 29.3 Å². The number of halogens is 1. The monoisotopic (exact) mass is 327 g/mol. The second-order valence-corrected chi connectivity index (χ2v) is 7.02. The zero-order valence-corrected chi connectivity index (χ0v) is 13.6. The third-order valence-corrected chi connectivity index (χ3v) is 5.08. The highest BCUT2D eigenvalue weighted by Gasteiger charge is 2.19. The van der Waals surface area contributed by atoms with Crippen LogP contribution in [0, 0.1) is 5.92 Å². The van der Waals surface area contributed by atoms with E-state index in [-0.39, 0.29) is 12.0 Å². The Morgan fingerprint density at radius 3 is 2.57 bits per heavy atom. The fourth-order valence-electron chi connectivity index (χ4n) is 2.50. The van der Waals surface area contributed by atoms with Gasteiger partial charge in [-0.25, -0.2) is 0 Å². The highest BCUT2D eigenvalue weighted by Crippen LogP contribution is 2.23. The van der Waals surface area contributed by atoms with Gasteiger partial charge in [-0.15, -0.1) is 11.8 Å². The number of hydrogen-bond acceptors (Lipinski definition) is 3. The zero-order valence-electron chi connectivity index (χ0n) is 12.1. The number of aliphatic hydroxyl groups excluding tert-OH is 1. The minimum atomic E-state index is -0.133. The first kappa shape index (κ1) is 16.7. The van der Waals surface area contributed by atoms with Crippen LogP contribution in [0.25, 0.3) is 0 Å². The standard InChI is InChI=1S/C16H22ClNO2S/c17-14-5-1-13(2-6-14)10-21-11-16(20)18-9-12-3-7-15(19)8-4-12/h1-2,5-6,12,15,19H,3-4,7-11H2,(H,18,20). The van der Waals surface area contributed by atoms with Crippen LogP contribution in [0.15, 0.2) is 24.3 Å². The summed E-state index contributed by atoms with van der Waals surface area (Å²) in [5.74, 6) is 1.93. The van der Waals surface area contributed by atoms with Crippen LogP contribution < -0.4 is 5.32 Å². The van der Waals surface area contributed by atoms with Gasteiger partial charge in [0.05, 0.1) is 11.9 Å². The van der Waals surface area contributed by atoms with Crippen LogP contribution in [-0.4, -0.2) is 29.4 Å². The molecule has 1 aliphatic rings. The summed E-state index contributed by atoms with van der Waals surface area (Å²) in [5, 5.41) is 13.2. The summed E-state index contributed by atoms with van der Waals surface area (Å²) >= 11 is 7.45. The molecule has 0 aromatic heterocycles. The van der Waals surface area contributed by atoms with Gasteiger partial charge in [0.15, 0.2) is 0 Å². The Morgan fingerprint density at radius 1 is 1.24 bits per heavy atom. The Balaban J connectivity index is 1.58. The van der Waals surface area contributed by atoms with Gasteiger partial charge in [-0.05, 0) is 49.3 Å². The average molecular weight is 328 g/mol. The van der Waals surface area contributed by atoms with Crippen molar-refractivity contribution in [3.63, 3.8) is 0 Å². The number of nitrogens with one attached hydrogen (secondary N) is 1. The summed E-state index contributed by atoms with van der Waals surface area (Å²) in [6.45, 7) is 0.743. The largest absolute Gasteiger partial charge is 0.393 e. The molecule has 0 radical (unpaired) electrons. The maximum Gasteiger partial charge on any atom is 0.230 e. The maximum atomic E-state index is 11.8. The minimum absolute atomic E-state index is 0.0973. The van der Waals surface area contributed by atoms with E-state index >= 15 is 0 Å². The lowest BCUT2D eigenvalue weighted by Crippen LogP contribution is -2.33. The topological polar surface area (TPSA) is 49.3 Å². The van der Waals surface area contributed by atoms with Gasteiger partial charge in [0, 0.05) is 17.3 Å². The molecule has 3 nitrogen and oxygen atoms in total. The summed E-state index contributed by atoms with van der Waals surface area (Å²) in [6.07, 6.45) is 3.63. The van der Waals surface area contributed by atoms with Crippen LogP contribution >= 0.6 is 23.4 Å². The van der Waals surface area contributed by atoms with Crippen LogP contribution in [0.2, 0.25) is 5.02 Å². The predicted octanol–water partition coefficient (Wildman–Crippen LogP) is 3.24. The number of benzene rings is 1. The molecule has 0 saturated heterocycles. The van der Waals surface area contributed by atoms with E-state index in [1.807, 2.05) is 24.3 Å². The van der Waals surface area contributed by atoms with E-state index in [4.69, 9.17) is 11.6 Å². The van der Waals surface area contributed by atoms with Crippen molar-refractivity contribution in [1.29, 1.82) is 0 Å². The highest BCUT2D eigenvalue weighted by atomic mass is 35.5. The van der Waals surface area contributed by atoms with Gasteiger partial charge in [-0.1, -0.05) is 23.7 Å². The molecular formula is C16H22ClNO2S. The minimum Gasteiger partial charge on any atom is -0.393 e. The normalized spacial score (nSPS) is 22.0. The van der Waals surface area contributed by atoms with Crippen molar-refractivity contribution in [3.05, 3.63) is 34.9 Å². The molecule has 5 heteroatoms. The molecule has 1 aromatic rings. The molecule has 21 heavy (non-hydrogen) atoms. The van der Waals surface area contributed by atoms with Crippen molar-refractivity contribution in [3.8, 4) is 0 Å². The van der Waals surface area contributed by atoms with Crippen LogP contribution in [0.5, 0.6) is 0 Å². The van der Waals surface area contributed by atoms with Crippen molar-refractivity contribution in [2.75, 3.05) is 12.3 Å². The highest BCUT2D eigenvalue weighted by molar-refractivity contribution is 7.99. The van der Waals surface area contributed by atoms with Crippen molar-refractivity contribution in [2.45, 2.75) is 37.5 Å². The summed E-state index contributed by atoms with van der Waals surface area (Å²) < 4.78 is 0. The fraction of sp³-hybridized carbons (Fsp3) is 0.562. The summed E-state index contributed by atoms with van der Waals surface area (Å²) in [6, 6.07) is 7.71. The SMILES string of the molecule is O=C(CSCc1ccc(Cl)cc1)NCC1CCC(O)CC1. The molecule has 0 heterocycles. The third kappa shape index (κ3) is 6.29. The van der Waals surface area contributed by atoms with Gasteiger partial charge in [0.25, 0.3) is 0 Å². The van der Waals surface area contributed by atoms with Crippen LogP contribution in [0.4, 0.5) is 0 Å². The smallest absolute Gasteiger partial charge is 0.230 e. The van der Waals surface area contributed by atoms with Crippen LogP contribution in [-0.2, 0) is 10.5 Å². The molecule has 0 atom stereocenters. The molecule has 1 amide bonds. The van der Waals surface area contributed by atoms with Crippen molar-refractivity contribution in [2.24, 2.45) is 5.92 Å². The molecule has 2 rings (SSSR count). The molecule has 1 fully saturated rings. The van der Waals surface area contributed by atoms with E-state index in [0.717, 1.165) is 43.0 Å². The lowest BCUT2D eigenvalue weighted by Gasteiger charge is -2.25. The second kappa shape index (κ2) is 8.66. The molecule has 0 bridgehead atoms. The van der Waals surface area contributed by atoms with Gasteiger partial charge < -0.3 is 10.4 Å². The number of carbonyl (C=O) groups is 1. The molecule has 0 unspecified atom stereocenters. The molecule has 1 aromatic carbocycles. The lowest BCUT2D eigenvalue weighted by atomic mass is 9.87. The van der Waals surface area contributed by atoms with Crippen LogP contribution in [0.3, 0.4) is 0 Å². The summed E-state index contributed by atoms with van der Waals surface area (Å²) in [4.78, 5) is 11.8. The Labute approximate surface area is 135 Å². The van der Waals surface area contributed by atoms with Gasteiger partial charge in [0.1, 0.15) is 0 Å². The lowest BCUT2D eigenvalue weighted by molar-refractivity contribution is -0.118. The fourth-order valence-corrected chi connectivity index (χ4v) is 3.44. The first-order chi connectivity index (χ1) is 10.1. The molecule has 1 aliphatic carbocycles. The van der Waals surface area contributed by atoms with Crippen molar-refractivity contribution < 1.29 is 9.90 Å². The van der Waals surface area contributed by atoms with E-state index in [0.29, 0.717) is 11.7 Å². The van der Waals surface area contributed by atoms with E-state index < -0.39 is 0 Å². The first-order valence-corrected chi connectivity index (χ1v) is 8.93. The summed E-state index contributed by atoms with van der Waals surface area (Å²) in [7, 11) is 0. The zero-order chi connectivity index (χ0) is 15.1. The molecule has 0 aliphatic heterocycles. The van der Waals surface area contributed by atoms with Gasteiger partial charge in [-0.3, -0.25) is 4.79 Å². The molecule has 0 spiro atoms. The second-order valence-electron chi connectivity index (χ2n) is 5.60. The van der Waals surface area contributed by atoms with E-state index in [2.05, 4.69) is 5.32 Å². The number of rotatable bonds is 6. The van der Waals surface area contributed by atoms with Gasteiger partial charge in [-0.2, -0.15) is 0 Å².